The van der Waals surface area contributed by atoms with Crippen LogP contribution in [0.25, 0.3) is 88.2 Å². The van der Waals surface area contributed by atoms with Crippen molar-refractivity contribution in [3.05, 3.63) is 222 Å². The third-order valence-corrected chi connectivity index (χ3v) is 13.6. The number of aromatic nitrogens is 5. The van der Waals surface area contributed by atoms with Gasteiger partial charge in [0.2, 0.25) is 0 Å². The van der Waals surface area contributed by atoms with Crippen LogP contribution in [-0.4, -0.2) is 24.9 Å². The minimum Gasteiger partial charge on any atom is -0.457 e. The summed E-state index contributed by atoms with van der Waals surface area (Å²) in [6.45, 7) is 0. The Hall–Kier alpha value is -8.13. The molecule has 7 heteroatoms. The Morgan fingerprint density at radius 1 is 0.381 bits per heavy atom. The van der Waals surface area contributed by atoms with Crippen LogP contribution in [0.5, 0.6) is 11.5 Å². The van der Waals surface area contributed by atoms with Gasteiger partial charge < -0.3 is 4.74 Å². The van der Waals surface area contributed by atoms with Crippen molar-refractivity contribution in [2.75, 3.05) is 0 Å². The van der Waals surface area contributed by atoms with Crippen LogP contribution in [0.3, 0.4) is 0 Å². The average Bonchev–Trinajstić information content (AvgIpc) is 3.88. The molecule has 11 aromatic rings. The minimum atomic E-state index is -0.768. The maximum absolute atomic E-state index is 6.78. The van der Waals surface area contributed by atoms with E-state index >= 15 is 0 Å². The van der Waals surface area contributed by atoms with Gasteiger partial charge in [-0.3, -0.25) is 0 Å². The zero-order chi connectivity index (χ0) is 41.5. The van der Waals surface area contributed by atoms with Gasteiger partial charge in [0.25, 0.3) is 0 Å². The van der Waals surface area contributed by atoms with Crippen LogP contribution >= 0.6 is 11.3 Å². The number of hydrogen-bond acceptors (Lipinski definition) is 7. The lowest BCUT2D eigenvalue weighted by atomic mass is 9.65. The highest BCUT2D eigenvalue weighted by molar-refractivity contribution is 7.26. The smallest absolute Gasteiger partial charge is 0.164 e. The zero-order valence-corrected chi connectivity index (χ0v) is 34.4. The van der Waals surface area contributed by atoms with Crippen LogP contribution in [0, 0.1) is 0 Å². The fourth-order valence-electron chi connectivity index (χ4n) is 9.73. The molecule has 1 aliphatic carbocycles. The summed E-state index contributed by atoms with van der Waals surface area (Å²) >= 11 is 1.75. The molecule has 8 aromatic carbocycles. The van der Waals surface area contributed by atoms with Crippen LogP contribution < -0.4 is 4.74 Å². The lowest BCUT2D eigenvalue weighted by Gasteiger charge is -2.40. The normalized spacial score (nSPS) is 13.0. The number of hydrogen-bond donors (Lipinski definition) is 0. The van der Waals surface area contributed by atoms with Crippen molar-refractivity contribution in [1.82, 2.24) is 24.9 Å². The number of fused-ring (bicyclic) bond motifs is 12. The average molecular weight is 824 g/mol. The predicted octanol–water partition coefficient (Wildman–Crippen LogP) is 13.8. The topological polar surface area (TPSA) is 73.7 Å². The molecule has 0 radical (unpaired) electrons. The summed E-state index contributed by atoms with van der Waals surface area (Å²) < 4.78 is 9.01. The monoisotopic (exact) mass is 823 g/mol. The van der Waals surface area contributed by atoms with Gasteiger partial charge in [-0.25, -0.2) is 24.9 Å². The van der Waals surface area contributed by atoms with Gasteiger partial charge in [-0.2, -0.15) is 0 Å². The Morgan fingerprint density at radius 2 is 0.905 bits per heavy atom. The first-order valence-electron chi connectivity index (χ1n) is 21.0. The first-order chi connectivity index (χ1) is 31.2. The molecule has 0 fully saturated rings. The van der Waals surface area contributed by atoms with Crippen molar-refractivity contribution in [1.29, 1.82) is 0 Å². The fraction of sp³-hybridized carbons (Fsp3) is 0.0179. The Kier molecular flexibility index (Phi) is 7.89. The van der Waals surface area contributed by atoms with Gasteiger partial charge in [0.15, 0.2) is 23.3 Å². The molecule has 0 saturated carbocycles. The number of thiophene rings is 1. The van der Waals surface area contributed by atoms with Gasteiger partial charge in [0, 0.05) is 49.0 Å². The summed E-state index contributed by atoms with van der Waals surface area (Å²) in [5, 5.41) is 1.12. The summed E-state index contributed by atoms with van der Waals surface area (Å²) in [6.07, 6.45) is 0. The van der Waals surface area contributed by atoms with E-state index in [0.717, 1.165) is 94.0 Å². The highest BCUT2D eigenvalue weighted by Gasteiger charge is 2.52. The fourth-order valence-corrected chi connectivity index (χ4v) is 10.9. The van der Waals surface area contributed by atoms with E-state index in [2.05, 4.69) is 121 Å². The van der Waals surface area contributed by atoms with E-state index in [9.17, 15) is 0 Å². The first kappa shape index (κ1) is 35.6. The Morgan fingerprint density at radius 3 is 1.54 bits per heavy atom. The molecular weight excluding hydrogens is 791 g/mol. The molecule has 1 spiro atoms. The quantitative estimate of drug-likeness (QED) is 0.172. The molecule has 3 aromatic heterocycles. The molecular formula is C56H33N5OS. The van der Waals surface area contributed by atoms with Gasteiger partial charge in [0.1, 0.15) is 11.5 Å². The Labute approximate surface area is 366 Å². The van der Waals surface area contributed by atoms with E-state index in [1.807, 2.05) is 78.9 Å². The maximum atomic E-state index is 6.78. The van der Waals surface area contributed by atoms with Gasteiger partial charge in [-0.05, 0) is 46.5 Å². The zero-order valence-electron chi connectivity index (χ0n) is 33.6. The van der Waals surface area contributed by atoms with Crippen molar-refractivity contribution < 1.29 is 4.74 Å². The van der Waals surface area contributed by atoms with Crippen LogP contribution in [0.2, 0.25) is 0 Å². The van der Waals surface area contributed by atoms with E-state index in [1.165, 1.54) is 4.70 Å². The second kappa shape index (κ2) is 14.0. The summed E-state index contributed by atoms with van der Waals surface area (Å²) in [5.41, 5.74) is 12.5. The molecule has 0 saturated heterocycles. The molecule has 13 rings (SSSR count). The molecule has 0 atom stereocenters. The van der Waals surface area contributed by atoms with E-state index in [0.29, 0.717) is 23.3 Å². The lowest BCUT2D eigenvalue weighted by Crippen LogP contribution is -2.32. The number of rotatable bonds is 5. The van der Waals surface area contributed by atoms with Crippen LogP contribution in [0.1, 0.15) is 22.3 Å². The van der Waals surface area contributed by atoms with E-state index in [4.69, 9.17) is 29.7 Å². The summed E-state index contributed by atoms with van der Waals surface area (Å²) in [5.74, 6) is 4.19. The number of nitrogens with zero attached hydrogens (tertiary/aromatic N) is 5. The number of benzene rings is 8. The number of para-hydroxylation sites is 2. The first-order valence-corrected chi connectivity index (χ1v) is 21.8. The van der Waals surface area contributed by atoms with Crippen LogP contribution in [0.15, 0.2) is 200 Å². The maximum Gasteiger partial charge on any atom is 0.164 e. The second-order valence-electron chi connectivity index (χ2n) is 15.9. The van der Waals surface area contributed by atoms with Gasteiger partial charge >= 0.3 is 0 Å². The summed E-state index contributed by atoms with van der Waals surface area (Å²) in [7, 11) is 0. The Bertz CT molecular complexity index is 3500. The third kappa shape index (κ3) is 5.40. The molecule has 0 amide bonds. The number of ether oxygens (including phenoxy) is 1. The molecule has 0 N–H and O–H groups in total. The standard InChI is InChI=1S/C56H33N5OS/c1-4-17-34(18-5-1)52-57-49-39-23-10-15-30-47(39)63-51(49)50(58-52)40-25-16-24-38-41-33-37(55-60-53(35-19-6-2-7-20-35)59-54(61-55)36-21-8-3-9-22-36)31-32-42(41)56(48(38)40)43-26-11-13-28-45(43)62-46-29-14-12-27-44(46)56/h1-33H. The van der Waals surface area contributed by atoms with Crippen molar-refractivity contribution in [2.24, 2.45) is 0 Å². The molecule has 1 aliphatic heterocycles. The van der Waals surface area contributed by atoms with Crippen molar-refractivity contribution >= 4 is 31.6 Å². The van der Waals surface area contributed by atoms with Gasteiger partial charge in [0.05, 0.1) is 21.3 Å². The largest absolute Gasteiger partial charge is 0.457 e. The van der Waals surface area contributed by atoms with E-state index in [1.54, 1.807) is 11.3 Å². The van der Waals surface area contributed by atoms with Crippen molar-refractivity contribution in [3.8, 4) is 79.4 Å². The molecule has 2 aliphatic rings. The van der Waals surface area contributed by atoms with E-state index in [-0.39, 0.29) is 0 Å². The molecule has 6 nitrogen and oxygen atoms in total. The van der Waals surface area contributed by atoms with E-state index < -0.39 is 5.41 Å². The predicted molar refractivity (Wildman–Crippen MR) is 253 cm³/mol. The molecule has 0 bridgehead atoms. The second-order valence-corrected chi connectivity index (χ2v) is 17.0. The SMILES string of the molecule is c1ccc(-c2nc(-c3ccccc3)nc(-c3ccc4c(c3)-c3cccc(-c5nc(-c6ccccc6)nc6c5sc5ccccc56)c3C43c4ccccc4Oc4ccccc43)n2)cc1. The summed E-state index contributed by atoms with van der Waals surface area (Å²) in [6, 6.07) is 69.5. The minimum absolute atomic E-state index is 0.604. The molecule has 0 unspecified atom stereocenters. The van der Waals surface area contributed by atoms with Crippen LogP contribution in [-0.2, 0) is 5.41 Å². The molecule has 294 valence electrons. The van der Waals surface area contributed by atoms with Gasteiger partial charge in [-0.1, -0.05) is 176 Å². The molecule has 63 heavy (non-hydrogen) atoms. The van der Waals surface area contributed by atoms with Crippen molar-refractivity contribution in [3.63, 3.8) is 0 Å². The van der Waals surface area contributed by atoms with Gasteiger partial charge in [-0.15, -0.1) is 11.3 Å². The highest BCUT2D eigenvalue weighted by atomic mass is 32.1. The third-order valence-electron chi connectivity index (χ3n) is 12.4. The Balaban J connectivity index is 1.13. The summed E-state index contributed by atoms with van der Waals surface area (Å²) in [4.78, 5) is 26.2. The molecule has 4 heterocycles. The highest BCUT2D eigenvalue weighted by Crippen LogP contribution is 2.64. The van der Waals surface area contributed by atoms with Crippen molar-refractivity contribution in [2.45, 2.75) is 5.41 Å². The van der Waals surface area contributed by atoms with Crippen LogP contribution in [0.4, 0.5) is 0 Å². The lowest BCUT2D eigenvalue weighted by molar-refractivity contribution is 0.436.